The van der Waals surface area contributed by atoms with Crippen molar-refractivity contribution in [3.05, 3.63) is 0 Å². The molecule has 0 atom stereocenters. The molecular weight excluding hydrogens is 435 g/mol. The largest absolute Gasteiger partial charge is 1.00 e. The second-order valence-corrected chi connectivity index (χ2v) is 2.68. The molecule has 0 heterocycles. The molecule has 0 aromatic heterocycles. The number of rotatable bonds is 0. The number of hydrogen-bond donors (Lipinski definition) is 0. The van der Waals surface area contributed by atoms with E-state index in [2.05, 4.69) is 12.2 Å². The average molecular weight is 435 g/mol. The van der Waals surface area contributed by atoms with Crippen molar-refractivity contribution in [1.82, 2.24) is 0 Å². The third kappa shape index (κ3) is 70.2. The van der Waals surface area contributed by atoms with Crippen molar-refractivity contribution in [1.29, 1.82) is 0 Å². The minimum absolute atomic E-state index is 0. The Morgan fingerprint density at radius 3 is 1.12 bits per heavy atom. The Morgan fingerprint density at radius 2 is 1.12 bits per heavy atom. The summed E-state index contributed by atoms with van der Waals surface area (Å²) >= 11 is 3.27. The zero-order chi connectivity index (χ0) is 4.50. The fraction of sp³-hybridized carbons (Fsp3) is 0. The summed E-state index contributed by atoms with van der Waals surface area (Å²) in [7, 11) is 0. The number of hydrogen-bond acceptors (Lipinski definition) is 4. The van der Waals surface area contributed by atoms with Gasteiger partial charge in [-0.2, -0.15) is 0 Å². The van der Waals surface area contributed by atoms with Gasteiger partial charge >= 0.3 is 67.1 Å². The summed E-state index contributed by atoms with van der Waals surface area (Å²) in [4.78, 5) is 17.8. The van der Waals surface area contributed by atoms with E-state index in [4.69, 9.17) is 14.4 Å². The molecule has 0 bridgehead atoms. The maximum Gasteiger partial charge on any atom is 1.00 e. The van der Waals surface area contributed by atoms with Crippen LogP contribution in [0.25, 0.3) is 0 Å². The van der Waals surface area contributed by atoms with Crippen molar-refractivity contribution in [3.8, 4) is 0 Å². The molecule has 0 aliphatic heterocycles. The molecule has 8 heteroatoms. The molecule has 0 aromatic rings. The Bertz CT molecular complexity index is 60.7. The smallest absolute Gasteiger partial charge is 0.829 e. The van der Waals surface area contributed by atoms with Crippen molar-refractivity contribution < 1.29 is 81.5 Å². The third-order valence-electron chi connectivity index (χ3n) is 0. The molecule has 8 heavy (non-hydrogen) atoms. The van der Waals surface area contributed by atoms with Crippen molar-refractivity contribution in [3.63, 3.8) is 0 Å². The van der Waals surface area contributed by atoms with Crippen LogP contribution >= 0.6 is 6.80 Å². The SMILES string of the molecule is O=P([O-])([O-])[S-].[Ag+].[Ag+].[Ag+]. The Labute approximate surface area is 99.2 Å². The minimum atomic E-state index is -4.56. The van der Waals surface area contributed by atoms with Crippen LogP contribution in [0.5, 0.6) is 0 Å². The monoisotopic (exact) mass is 432 g/mol. The molecule has 0 fully saturated rings. The van der Waals surface area contributed by atoms with Crippen LogP contribution in [0.2, 0.25) is 0 Å². The van der Waals surface area contributed by atoms with Crippen molar-refractivity contribution in [2.24, 2.45) is 0 Å². The summed E-state index contributed by atoms with van der Waals surface area (Å²) in [6, 6.07) is 0. The van der Waals surface area contributed by atoms with Gasteiger partial charge in [-0.15, -0.1) is 0 Å². The van der Waals surface area contributed by atoms with E-state index in [1.54, 1.807) is 0 Å². The van der Waals surface area contributed by atoms with E-state index in [1.165, 1.54) is 0 Å². The average Bonchev–Trinajstić information content (AvgIpc) is 0.722. The van der Waals surface area contributed by atoms with Gasteiger partial charge < -0.3 is 26.6 Å². The van der Waals surface area contributed by atoms with E-state index >= 15 is 0 Å². The third-order valence-corrected chi connectivity index (χ3v) is 0. The summed E-state index contributed by atoms with van der Waals surface area (Å²) in [5.74, 6) is 0. The van der Waals surface area contributed by atoms with Crippen LogP contribution in [0, 0.1) is 0 Å². The maximum atomic E-state index is 8.92. The van der Waals surface area contributed by atoms with Gasteiger partial charge in [0.05, 0.1) is 0 Å². The summed E-state index contributed by atoms with van der Waals surface area (Å²) < 4.78 is 8.92. The predicted molar refractivity (Wildman–Crippen MR) is 15.0 cm³/mol. The first kappa shape index (κ1) is 22.4. The van der Waals surface area contributed by atoms with Crippen molar-refractivity contribution >= 4 is 19.0 Å². The van der Waals surface area contributed by atoms with Gasteiger partial charge in [-0.3, -0.25) is 0 Å². The minimum Gasteiger partial charge on any atom is -0.829 e. The van der Waals surface area contributed by atoms with E-state index in [1.807, 2.05) is 0 Å². The molecule has 0 amide bonds. The zero-order valence-electron chi connectivity index (χ0n) is 2.98. The van der Waals surface area contributed by atoms with Crippen LogP contribution in [-0.4, -0.2) is 0 Å². The molecule has 0 rings (SSSR count). The molecule has 0 spiro atoms. The van der Waals surface area contributed by atoms with Crippen LogP contribution < -0.4 is 9.79 Å². The van der Waals surface area contributed by atoms with E-state index < -0.39 is 6.80 Å². The van der Waals surface area contributed by atoms with Crippen molar-refractivity contribution in [2.75, 3.05) is 0 Å². The molecular formula is Ag3O3PS. The van der Waals surface area contributed by atoms with Crippen LogP contribution in [-0.2, 0) is 84.0 Å². The van der Waals surface area contributed by atoms with Gasteiger partial charge in [0, 0.05) is 0 Å². The van der Waals surface area contributed by atoms with Gasteiger partial charge in [0.15, 0.2) is 0 Å². The van der Waals surface area contributed by atoms with E-state index in [0.29, 0.717) is 0 Å². The first-order chi connectivity index (χ1) is 2.00. The van der Waals surface area contributed by atoms with Gasteiger partial charge in [-0.05, 0) is 0 Å². The quantitative estimate of drug-likeness (QED) is 0.261. The molecule has 0 saturated heterocycles. The van der Waals surface area contributed by atoms with Gasteiger partial charge in [0.25, 0.3) is 0 Å². The first-order valence-electron chi connectivity index (χ1n) is 0.730. The van der Waals surface area contributed by atoms with E-state index in [0.717, 1.165) is 0 Å². The molecule has 0 unspecified atom stereocenters. The molecule has 0 aliphatic rings. The second-order valence-electron chi connectivity index (χ2n) is 0.447. The first-order valence-corrected chi connectivity index (χ1v) is 3.29. The molecule has 0 radical (unpaired) electrons. The van der Waals surface area contributed by atoms with Gasteiger partial charge in [-0.25, -0.2) is 6.80 Å². The molecule has 0 aromatic carbocycles. The fourth-order valence-corrected chi connectivity index (χ4v) is 0. The summed E-state index contributed by atoms with van der Waals surface area (Å²) in [6.45, 7) is -4.56. The van der Waals surface area contributed by atoms with Gasteiger partial charge in [0.1, 0.15) is 0 Å². The standard InChI is InChI=1S/3Ag.H3O3PS/c;;;1-4(2,3)5/h;;;(H3,1,2,3,5)/q3*+1;/p-3. The molecule has 62 valence electrons. The van der Waals surface area contributed by atoms with Gasteiger partial charge in [-0.1, -0.05) is 0 Å². The Hall–Kier alpha value is 2.72. The summed E-state index contributed by atoms with van der Waals surface area (Å²) in [5, 5.41) is 0. The van der Waals surface area contributed by atoms with Crippen LogP contribution in [0.4, 0.5) is 0 Å². The second kappa shape index (κ2) is 9.72. The van der Waals surface area contributed by atoms with E-state index in [-0.39, 0.29) is 67.1 Å². The fourth-order valence-electron chi connectivity index (χ4n) is 0. The Balaban J connectivity index is -0.0000000267. The summed E-state index contributed by atoms with van der Waals surface area (Å²) in [5.41, 5.74) is 0. The van der Waals surface area contributed by atoms with E-state index in [9.17, 15) is 0 Å². The molecule has 0 N–H and O–H groups in total. The molecule has 0 saturated carbocycles. The maximum absolute atomic E-state index is 8.92. The normalized spacial score (nSPS) is 7.38. The van der Waals surface area contributed by atoms with Crippen molar-refractivity contribution in [2.45, 2.75) is 0 Å². The Kier molecular flexibility index (Phi) is 27.3. The topological polar surface area (TPSA) is 63.2 Å². The zero-order valence-corrected chi connectivity index (χ0v) is 9.14. The van der Waals surface area contributed by atoms with Crippen LogP contribution in [0.15, 0.2) is 0 Å². The molecule has 3 nitrogen and oxygen atoms in total. The van der Waals surface area contributed by atoms with Crippen LogP contribution in [0.1, 0.15) is 0 Å². The van der Waals surface area contributed by atoms with Gasteiger partial charge in [0.2, 0.25) is 0 Å². The Morgan fingerprint density at radius 1 is 1.12 bits per heavy atom. The van der Waals surface area contributed by atoms with Crippen LogP contribution in [0.3, 0.4) is 0 Å². The molecule has 0 aliphatic carbocycles. The predicted octanol–water partition coefficient (Wildman–Crippen LogP) is -1.65. The summed E-state index contributed by atoms with van der Waals surface area (Å²) in [6.07, 6.45) is 0.